The molecule has 0 aliphatic rings. The predicted octanol–water partition coefficient (Wildman–Crippen LogP) is 2.33. The highest BCUT2D eigenvalue weighted by molar-refractivity contribution is 5.86. The molecular formula is C15H17N5O6. The van der Waals surface area contributed by atoms with Crippen molar-refractivity contribution < 1.29 is 20.1 Å². The number of nitrogens with zero attached hydrogens (tertiary/aromatic N) is 2. The summed E-state index contributed by atoms with van der Waals surface area (Å²) < 4.78 is 0. The molecule has 0 aliphatic carbocycles. The molecule has 11 nitrogen and oxygen atoms in total. The van der Waals surface area contributed by atoms with Crippen molar-refractivity contribution in [3.8, 4) is 5.75 Å². The van der Waals surface area contributed by atoms with Gasteiger partial charge in [-0.1, -0.05) is 0 Å². The van der Waals surface area contributed by atoms with E-state index in [2.05, 4.69) is 10.6 Å². The highest BCUT2D eigenvalue weighted by atomic mass is 16.6. The number of nitrogen functional groups attached to an aromatic ring is 1. The zero-order valence-corrected chi connectivity index (χ0v) is 13.5. The van der Waals surface area contributed by atoms with Gasteiger partial charge in [-0.3, -0.25) is 20.2 Å². The molecule has 2 aromatic rings. The molecule has 0 unspecified atom stereocenters. The van der Waals surface area contributed by atoms with Gasteiger partial charge < -0.3 is 26.6 Å². The molecule has 0 radical (unpaired) electrons. The molecule has 26 heavy (non-hydrogen) atoms. The van der Waals surface area contributed by atoms with Gasteiger partial charge in [0.25, 0.3) is 5.69 Å². The first-order valence-electron chi connectivity index (χ1n) is 7.51. The number of aliphatic hydroxyl groups excluding tert-OH is 1. The molecule has 0 bridgehead atoms. The Balaban J connectivity index is 2.50. The Labute approximate surface area is 147 Å². The van der Waals surface area contributed by atoms with E-state index in [0.717, 1.165) is 6.07 Å². The molecule has 11 heteroatoms. The number of nitrogens with two attached hydrogens (primary N) is 1. The SMILES string of the molecule is Nc1ccc(Nc2c(O)ccc(NCCCO)c2[N+](=O)[O-])c([N+](=O)[O-])c1. The lowest BCUT2D eigenvalue weighted by atomic mass is 10.1. The topological polar surface area (TPSA) is 177 Å². The van der Waals surface area contributed by atoms with Crippen LogP contribution in [0, 0.1) is 20.2 Å². The maximum atomic E-state index is 11.5. The third kappa shape index (κ3) is 4.08. The summed E-state index contributed by atoms with van der Waals surface area (Å²) in [4.78, 5) is 21.3. The van der Waals surface area contributed by atoms with E-state index >= 15 is 0 Å². The van der Waals surface area contributed by atoms with Crippen LogP contribution < -0.4 is 16.4 Å². The first-order valence-corrected chi connectivity index (χ1v) is 7.51. The fourth-order valence-corrected chi connectivity index (χ4v) is 2.28. The van der Waals surface area contributed by atoms with Crippen molar-refractivity contribution in [1.29, 1.82) is 0 Å². The van der Waals surface area contributed by atoms with Gasteiger partial charge in [-0.05, 0) is 30.7 Å². The summed E-state index contributed by atoms with van der Waals surface area (Å²) in [5.41, 5.74) is 4.57. The van der Waals surface area contributed by atoms with E-state index in [4.69, 9.17) is 10.8 Å². The Morgan fingerprint density at radius 3 is 2.38 bits per heavy atom. The zero-order chi connectivity index (χ0) is 19.3. The minimum absolute atomic E-state index is 0.0601. The monoisotopic (exact) mass is 363 g/mol. The number of aromatic hydroxyl groups is 1. The first kappa shape index (κ1) is 18.7. The van der Waals surface area contributed by atoms with Crippen LogP contribution in [-0.2, 0) is 0 Å². The highest BCUT2D eigenvalue weighted by Gasteiger charge is 2.26. The fourth-order valence-electron chi connectivity index (χ4n) is 2.28. The maximum Gasteiger partial charge on any atom is 0.319 e. The van der Waals surface area contributed by atoms with Gasteiger partial charge in [-0.25, -0.2) is 0 Å². The van der Waals surface area contributed by atoms with E-state index in [0.29, 0.717) is 6.42 Å². The number of phenolic OH excluding ortho intramolecular Hbond substituents is 1. The molecule has 2 aromatic carbocycles. The summed E-state index contributed by atoms with van der Waals surface area (Å²) in [6.45, 7) is 0.172. The van der Waals surface area contributed by atoms with Crippen molar-refractivity contribution in [2.75, 3.05) is 29.5 Å². The molecule has 0 aromatic heterocycles. The van der Waals surface area contributed by atoms with Crippen molar-refractivity contribution >= 4 is 34.1 Å². The minimum atomic E-state index is -0.716. The van der Waals surface area contributed by atoms with E-state index < -0.39 is 27.0 Å². The quantitative estimate of drug-likeness (QED) is 0.118. The summed E-state index contributed by atoms with van der Waals surface area (Å²) in [6, 6.07) is 6.33. The number of nitro groups is 2. The summed E-state index contributed by atoms with van der Waals surface area (Å²) in [6.07, 6.45) is 0.365. The van der Waals surface area contributed by atoms with E-state index in [1.54, 1.807) is 0 Å². The summed E-state index contributed by atoms with van der Waals surface area (Å²) in [7, 11) is 0. The molecule has 0 atom stereocenters. The number of aliphatic hydroxyl groups is 1. The van der Waals surface area contributed by atoms with Gasteiger partial charge in [0.2, 0.25) is 0 Å². The van der Waals surface area contributed by atoms with Gasteiger partial charge in [0.1, 0.15) is 17.1 Å². The van der Waals surface area contributed by atoms with Crippen LogP contribution in [0.1, 0.15) is 6.42 Å². The van der Waals surface area contributed by atoms with Crippen LogP contribution in [0.5, 0.6) is 5.75 Å². The number of nitrogens with one attached hydrogen (secondary N) is 2. The second-order valence-electron chi connectivity index (χ2n) is 5.28. The second kappa shape index (κ2) is 7.98. The minimum Gasteiger partial charge on any atom is -0.505 e. The Kier molecular flexibility index (Phi) is 5.75. The van der Waals surface area contributed by atoms with Crippen LogP contribution in [0.4, 0.5) is 34.1 Å². The van der Waals surface area contributed by atoms with Gasteiger partial charge in [0.15, 0.2) is 5.69 Å². The van der Waals surface area contributed by atoms with Crippen LogP contribution in [0.25, 0.3) is 0 Å². The Morgan fingerprint density at radius 2 is 1.77 bits per heavy atom. The maximum absolute atomic E-state index is 11.5. The number of hydrogen-bond donors (Lipinski definition) is 5. The normalized spacial score (nSPS) is 10.3. The number of phenols is 1. The molecule has 6 N–H and O–H groups in total. The largest absolute Gasteiger partial charge is 0.505 e. The molecule has 0 heterocycles. The second-order valence-corrected chi connectivity index (χ2v) is 5.28. The highest BCUT2D eigenvalue weighted by Crippen LogP contribution is 2.43. The van der Waals surface area contributed by atoms with Crippen molar-refractivity contribution in [3.05, 3.63) is 50.6 Å². The van der Waals surface area contributed by atoms with Crippen molar-refractivity contribution in [3.63, 3.8) is 0 Å². The predicted molar refractivity (Wildman–Crippen MR) is 95.7 cm³/mol. The summed E-state index contributed by atoms with van der Waals surface area (Å²) in [5, 5.41) is 46.9. The Hall–Kier alpha value is -3.60. The molecule has 0 saturated heterocycles. The molecule has 0 spiro atoms. The average molecular weight is 363 g/mol. The molecule has 0 fully saturated rings. The van der Waals surface area contributed by atoms with Gasteiger partial charge in [-0.2, -0.15) is 0 Å². The van der Waals surface area contributed by atoms with Gasteiger partial charge >= 0.3 is 5.69 Å². The van der Waals surface area contributed by atoms with Crippen LogP contribution >= 0.6 is 0 Å². The van der Waals surface area contributed by atoms with Crippen LogP contribution in [0.15, 0.2) is 30.3 Å². The Bertz CT molecular complexity index is 842. The number of benzene rings is 2. The third-order valence-electron chi connectivity index (χ3n) is 3.47. The van der Waals surface area contributed by atoms with Crippen molar-refractivity contribution in [2.45, 2.75) is 6.42 Å². The van der Waals surface area contributed by atoms with Gasteiger partial charge in [0, 0.05) is 24.9 Å². The molecule has 0 amide bonds. The fraction of sp³-hybridized carbons (Fsp3) is 0.200. The Morgan fingerprint density at radius 1 is 1.08 bits per heavy atom. The zero-order valence-electron chi connectivity index (χ0n) is 13.5. The first-order chi connectivity index (χ1) is 12.3. The summed E-state index contributed by atoms with van der Waals surface area (Å²) >= 11 is 0. The molecular weight excluding hydrogens is 346 g/mol. The summed E-state index contributed by atoms with van der Waals surface area (Å²) in [5.74, 6) is -0.449. The number of anilines is 4. The third-order valence-corrected chi connectivity index (χ3v) is 3.47. The van der Waals surface area contributed by atoms with E-state index in [-0.39, 0.29) is 35.9 Å². The standard InChI is InChI=1S/C15H17N5O6/c16-9-2-3-10(12(8-9)19(23)24)18-14-13(22)5-4-11(15(14)20(25)26)17-6-1-7-21/h2-5,8,17-18,21-22H,1,6-7,16H2. The van der Waals surface area contributed by atoms with Gasteiger partial charge in [0.05, 0.1) is 9.85 Å². The lowest BCUT2D eigenvalue weighted by Gasteiger charge is -2.13. The van der Waals surface area contributed by atoms with Crippen LogP contribution in [-0.4, -0.2) is 33.2 Å². The van der Waals surface area contributed by atoms with Crippen LogP contribution in [0.3, 0.4) is 0 Å². The van der Waals surface area contributed by atoms with Crippen molar-refractivity contribution in [2.24, 2.45) is 0 Å². The van der Waals surface area contributed by atoms with E-state index in [9.17, 15) is 25.3 Å². The number of nitro benzene ring substituents is 2. The van der Waals surface area contributed by atoms with Crippen molar-refractivity contribution in [1.82, 2.24) is 0 Å². The molecule has 0 aliphatic heterocycles. The van der Waals surface area contributed by atoms with E-state index in [1.165, 1.54) is 24.3 Å². The molecule has 2 rings (SSSR count). The molecule has 138 valence electrons. The van der Waals surface area contributed by atoms with Crippen LogP contribution in [0.2, 0.25) is 0 Å². The van der Waals surface area contributed by atoms with Gasteiger partial charge in [-0.15, -0.1) is 0 Å². The number of hydrogen-bond acceptors (Lipinski definition) is 9. The number of rotatable bonds is 8. The lowest BCUT2D eigenvalue weighted by Crippen LogP contribution is -2.08. The average Bonchev–Trinajstić information content (AvgIpc) is 2.58. The smallest absolute Gasteiger partial charge is 0.319 e. The van der Waals surface area contributed by atoms with E-state index in [1.807, 2.05) is 0 Å². The molecule has 0 saturated carbocycles. The lowest BCUT2D eigenvalue weighted by molar-refractivity contribution is -0.384.